The van der Waals surface area contributed by atoms with Crippen LogP contribution in [0.25, 0.3) is 0 Å². The van der Waals surface area contributed by atoms with Crippen LogP contribution in [0.15, 0.2) is 45.5 Å². The van der Waals surface area contributed by atoms with E-state index in [1.807, 2.05) is 6.07 Å². The lowest BCUT2D eigenvalue weighted by Crippen LogP contribution is -2.36. The molecule has 0 radical (unpaired) electrons. The van der Waals surface area contributed by atoms with E-state index >= 15 is 0 Å². The van der Waals surface area contributed by atoms with Crippen LogP contribution in [0.4, 0.5) is 5.69 Å². The standard InChI is InChI=1S/C23H30BrN3O3/c1-26(17-9-4-3-5-10-17)16-8-15-25-22(28)18-11-6-7-12-19(18)27(2)23(29)20-13-14-21(24)30-20/h6-7,11-14,17H,3-5,8-10,15-16H2,1-2H3,(H,25,28). The van der Waals surface area contributed by atoms with Gasteiger partial charge in [0.25, 0.3) is 11.8 Å². The molecule has 0 saturated heterocycles. The molecule has 1 aliphatic carbocycles. The second-order valence-corrected chi connectivity index (χ2v) is 8.65. The Morgan fingerprint density at radius 1 is 1.10 bits per heavy atom. The lowest BCUT2D eigenvalue weighted by molar-refractivity contribution is 0.0950. The first kappa shape index (κ1) is 22.6. The third-order valence-electron chi connectivity index (χ3n) is 5.77. The van der Waals surface area contributed by atoms with Gasteiger partial charge in [0.2, 0.25) is 0 Å². The fourth-order valence-electron chi connectivity index (χ4n) is 3.99. The van der Waals surface area contributed by atoms with E-state index in [4.69, 9.17) is 4.42 Å². The third kappa shape index (κ3) is 5.73. The minimum absolute atomic E-state index is 0.175. The van der Waals surface area contributed by atoms with Crippen molar-refractivity contribution in [2.24, 2.45) is 0 Å². The van der Waals surface area contributed by atoms with Gasteiger partial charge >= 0.3 is 0 Å². The average molecular weight is 476 g/mol. The van der Waals surface area contributed by atoms with Crippen molar-refractivity contribution in [2.45, 2.75) is 44.6 Å². The fourth-order valence-corrected chi connectivity index (χ4v) is 4.30. The van der Waals surface area contributed by atoms with Crippen LogP contribution >= 0.6 is 15.9 Å². The topological polar surface area (TPSA) is 65.8 Å². The van der Waals surface area contributed by atoms with Gasteiger partial charge in [-0.15, -0.1) is 0 Å². The lowest BCUT2D eigenvalue weighted by atomic mass is 9.94. The summed E-state index contributed by atoms with van der Waals surface area (Å²) in [4.78, 5) is 29.3. The Bertz CT molecular complexity index is 861. The summed E-state index contributed by atoms with van der Waals surface area (Å²) < 4.78 is 5.85. The molecule has 1 fully saturated rings. The Labute approximate surface area is 186 Å². The highest BCUT2D eigenvalue weighted by Gasteiger charge is 2.22. The van der Waals surface area contributed by atoms with Gasteiger partial charge in [0, 0.05) is 19.6 Å². The first-order chi connectivity index (χ1) is 14.5. The summed E-state index contributed by atoms with van der Waals surface area (Å²) in [6.07, 6.45) is 7.46. The number of hydrogen-bond donors (Lipinski definition) is 1. The van der Waals surface area contributed by atoms with Crippen molar-refractivity contribution in [3.8, 4) is 0 Å². The number of carbonyl (C=O) groups excluding carboxylic acids is 2. The largest absolute Gasteiger partial charge is 0.444 e. The zero-order valence-electron chi connectivity index (χ0n) is 17.7. The van der Waals surface area contributed by atoms with E-state index in [9.17, 15) is 9.59 Å². The van der Waals surface area contributed by atoms with Gasteiger partial charge in [0.05, 0.1) is 11.3 Å². The van der Waals surface area contributed by atoms with E-state index in [2.05, 4.69) is 33.2 Å². The zero-order chi connectivity index (χ0) is 21.5. The molecule has 1 saturated carbocycles. The number of amides is 2. The van der Waals surface area contributed by atoms with E-state index in [0.29, 0.717) is 28.5 Å². The number of halogens is 1. The van der Waals surface area contributed by atoms with Gasteiger partial charge in [-0.1, -0.05) is 31.4 Å². The molecular formula is C23H30BrN3O3. The lowest BCUT2D eigenvalue weighted by Gasteiger charge is -2.31. The predicted octanol–water partition coefficient (Wildman–Crippen LogP) is 4.70. The van der Waals surface area contributed by atoms with Crippen LogP contribution in [0.3, 0.4) is 0 Å². The summed E-state index contributed by atoms with van der Waals surface area (Å²) in [5.41, 5.74) is 1.02. The van der Waals surface area contributed by atoms with Crippen LogP contribution in [-0.2, 0) is 0 Å². The number of carbonyl (C=O) groups is 2. The quantitative estimate of drug-likeness (QED) is 0.561. The zero-order valence-corrected chi connectivity index (χ0v) is 19.3. The second-order valence-electron chi connectivity index (χ2n) is 7.87. The second kappa shape index (κ2) is 10.8. The normalized spacial score (nSPS) is 14.7. The summed E-state index contributed by atoms with van der Waals surface area (Å²) in [5, 5.41) is 3.00. The van der Waals surface area contributed by atoms with E-state index in [-0.39, 0.29) is 17.6 Å². The van der Waals surface area contributed by atoms with Gasteiger partial charge in [-0.05, 0) is 73.1 Å². The Kier molecular flexibility index (Phi) is 8.10. The number of furan rings is 1. The van der Waals surface area contributed by atoms with Gasteiger partial charge in [-0.25, -0.2) is 0 Å². The van der Waals surface area contributed by atoms with Crippen molar-refractivity contribution in [3.63, 3.8) is 0 Å². The number of para-hydroxylation sites is 1. The number of benzene rings is 1. The number of anilines is 1. The van der Waals surface area contributed by atoms with E-state index in [0.717, 1.165) is 13.0 Å². The molecule has 0 atom stereocenters. The van der Waals surface area contributed by atoms with Gasteiger partial charge in [0.1, 0.15) is 0 Å². The maximum atomic E-state index is 12.8. The average Bonchev–Trinajstić information content (AvgIpc) is 3.22. The Hall–Kier alpha value is -2.12. The van der Waals surface area contributed by atoms with Gasteiger partial charge < -0.3 is 19.5 Å². The first-order valence-corrected chi connectivity index (χ1v) is 11.4. The highest BCUT2D eigenvalue weighted by molar-refractivity contribution is 9.10. The monoisotopic (exact) mass is 475 g/mol. The highest BCUT2D eigenvalue weighted by Crippen LogP contribution is 2.23. The molecule has 1 N–H and O–H groups in total. The molecule has 1 aromatic carbocycles. The predicted molar refractivity (Wildman–Crippen MR) is 122 cm³/mol. The van der Waals surface area contributed by atoms with Crippen LogP contribution in [0.2, 0.25) is 0 Å². The minimum atomic E-state index is -0.310. The molecule has 7 heteroatoms. The molecule has 6 nitrogen and oxygen atoms in total. The third-order valence-corrected chi connectivity index (χ3v) is 6.20. The molecule has 0 unspecified atom stereocenters. The van der Waals surface area contributed by atoms with Crippen LogP contribution in [0.5, 0.6) is 0 Å². The Morgan fingerprint density at radius 2 is 1.83 bits per heavy atom. The van der Waals surface area contributed by atoms with Crippen molar-refractivity contribution in [3.05, 3.63) is 52.4 Å². The molecule has 2 amide bonds. The molecular weight excluding hydrogens is 446 g/mol. The van der Waals surface area contributed by atoms with Crippen LogP contribution < -0.4 is 10.2 Å². The first-order valence-electron chi connectivity index (χ1n) is 10.6. The van der Waals surface area contributed by atoms with E-state index in [1.165, 1.54) is 37.0 Å². The molecule has 3 rings (SSSR count). The summed E-state index contributed by atoms with van der Waals surface area (Å²) in [5.74, 6) is -0.272. The Morgan fingerprint density at radius 3 is 2.53 bits per heavy atom. The van der Waals surface area contributed by atoms with Crippen molar-refractivity contribution in [1.29, 1.82) is 0 Å². The SMILES string of the molecule is CN(C(=O)c1ccc(Br)o1)c1ccccc1C(=O)NCCCN(C)C1CCCCC1. The summed E-state index contributed by atoms with van der Waals surface area (Å²) in [6.45, 7) is 1.57. The maximum Gasteiger partial charge on any atom is 0.293 e. The number of nitrogens with zero attached hydrogens (tertiary/aromatic N) is 2. The highest BCUT2D eigenvalue weighted by atomic mass is 79.9. The fraction of sp³-hybridized carbons (Fsp3) is 0.478. The van der Waals surface area contributed by atoms with Crippen molar-refractivity contribution >= 4 is 33.4 Å². The number of nitrogens with one attached hydrogen (secondary N) is 1. The molecule has 0 bridgehead atoms. The van der Waals surface area contributed by atoms with Gasteiger partial charge in [-0.3, -0.25) is 9.59 Å². The minimum Gasteiger partial charge on any atom is -0.444 e. The van der Waals surface area contributed by atoms with Crippen molar-refractivity contribution < 1.29 is 14.0 Å². The van der Waals surface area contributed by atoms with E-state index < -0.39 is 0 Å². The molecule has 162 valence electrons. The smallest absolute Gasteiger partial charge is 0.293 e. The molecule has 0 spiro atoms. The molecule has 30 heavy (non-hydrogen) atoms. The molecule has 0 aliphatic heterocycles. The van der Waals surface area contributed by atoms with Crippen LogP contribution in [0, 0.1) is 0 Å². The summed E-state index contributed by atoms with van der Waals surface area (Å²) in [7, 11) is 3.82. The van der Waals surface area contributed by atoms with Gasteiger partial charge in [0.15, 0.2) is 10.4 Å². The summed E-state index contributed by atoms with van der Waals surface area (Å²) in [6, 6.07) is 11.1. The molecule has 1 aromatic heterocycles. The van der Waals surface area contributed by atoms with E-state index in [1.54, 1.807) is 37.4 Å². The number of rotatable bonds is 8. The van der Waals surface area contributed by atoms with Crippen LogP contribution in [0.1, 0.15) is 59.4 Å². The molecule has 1 heterocycles. The van der Waals surface area contributed by atoms with Crippen LogP contribution in [-0.4, -0.2) is 49.9 Å². The van der Waals surface area contributed by atoms with Gasteiger partial charge in [-0.2, -0.15) is 0 Å². The Balaban J connectivity index is 1.55. The number of hydrogen-bond acceptors (Lipinski definition) is 4. The molecule has 1 aliphatic rings. The summed E-state index contributed by atoms with van der Waals surface area (Å²) >= 11 is 3.21. The van der Waals surface area contributed by atoms with Crippen molar-refractivity contribution in [2.75, 3.05) is 32.1 Å². The maximum absolute atomic E-state index is 12.8. The van der Waals surface area contributed by atoms with Crippen molar-refractivity contribution in [1.82, 2.24) is 10.2 Å². The molecule has 2 aromatic rings.